The number of rotatable bonds is 18. The lowest BCUT2D eigenvalue weighted by Crippen LogP contribution is -2.29. The van der Waals surface area contributed by atoms with Crippen molar-refractivity contribution in [3.63, 3.8) is 0 Å². The van der Waals surface area contributed by atoms with Gasteiger partial charge in [0, 0.05) is 0 Å². The smallest absolute Gasteiger partial charge is 0.125 e. The number of hydrogen-bond donors (Lipinski definition) is 0. The molecule has 0 heterocycles. The van der Waals surface area contributed by atoms with Crippen LogP contribution in [-0.2, 0) is 0 Å². The van der Waals surface area contributed by atoms with Crippen LogP contribution in [0.1, 0.15) is 116 Å². The van der Waals surface area contributed by atoms with E-state index >= 15 is 0 Å². The third-order valence-electron chi connectivity index (χ3n) is 5.39. The fourth-order valence-corrected chi connectivity index (χ4v) is 4.92. The number of hydrogen-bond acceptors (Lipinski definition) is 0. The van der Waals surface area contributed by atoms with Crippen molar-refractivity contribution in [3.05, 3.63) is 0 Å². The second kappa shape index (κ2) is 18.7. The van der Waals surface area contributed by atoms with E-state index in [0.717, 1.165) is 12.5 Å². The second-order valence-electron chi connectivity index (χ2n) is 7.75. The maximum atomic E-state index is 5.53. The summed E-state index contributed by atoms with van der Waals surface area (Å²) in [4.78, 5) is 0. The first kappa shape index (κ1) is 24.9. The van der Waals surface area contributed by atoms with Crippen LogP contribution in [-0.4, -0.2) is 8.07 Å². The molecule has 0 saturated carbocycles. The van der Waals surface area contributed by atoms with Crippen LogP contribution >= 0.6 is 0 Å². The monoisotopic (exact) mass is 370 g/mol. The van der Waals surface area contributed by atoms with Gasteiger partial charge in [-0.2, -0.15) is 0 Å². The molecule has 1 heteroatoms. The van der Waals surface area contributed by atoms with Crippen molar-refractivity contribution in [2.45, 2.75) is 122 Å². The summed E-state index contributed by atoms with van der Waals surface area (Å²) in [7, 11) is -2.24. The van der Waals surface area contributed by atoms with Crippen molar-refractivity contribution in [1.82, 2.24) is 0 Å². The molecule has 0 unspecified atom stereocenters. The molecule has 0 atom stereocenters. The first-order valence-corrected chi connectivity index (χ1v) is 13.4. The van der Waals surface area contributed by atoms with Crippen LogP contribution < -0.4 is 0 Å². The average molecular weight is 371 g/mol. The molecule has 0 N–H and O–H groups in total. The minimum atomic E-state index is -2.24. The van der Waals surface area contributed by atoms with Crippen molar-refractivity contribution < 1.29 is 0 Å². The van der Waals surface area contributed by atoms with E-state index in [9.17, 15) is 0 Å². The Bertz CT molecular complexity index is 393. The highest BCUT2D eigenvalue weighted by molar-refractivity contribution is 7.00. The molecule has 0 rings (SSSR count). The van der Waals surface area contributed by atoms with Gasteiger partial charge in [-0.1, -0.05) is 116 Å². The topological polar surface area (TPSA) is 0 Å². The summed E-state index contributed by atoms with van der Waals surface area (Å²) in [5, 5.41) is 0. The van der Waals surface area contributed by atoms with Crippen molar-refractivity contribution in [1.29, 1.82) is 0 Å². The summed E-state index contributed by atoms with van der Waals surface area (Å²) < 4.78 is 0. The Hall–Kier alpha value is -1.10. The SMILES string of the molecule is C#C[Si](C#C)(C#C)CCCCCCCCCCCCCCCCCCC. The summed E-state index contributed by atoms with van der Waals surface area (Å²) in [6, 6.07) is 0.898. The molecule has 0 radical (unpaired) electrons. The number of terminal acetylenes is 3. The highest BCUT2D eigenvalue weighted by atomic mass is 28.3. The fourth-order valence-electron chi connectivity index (χ4n) is 3.46. The van der Waals surface area contributed by atoms with Crippen LogP contribution in [0.4, 0.5) is 0 Å². The molecule has 0 aromatic heterocycles. The van der Waals surface area contributed by atoms with E-state index in [1.54, 1.807) is 0 Å². The van der Waals surface area contributed by atoms with Gasteiger partial charge in [0.1, 0.15) is 0 Å². The quantitative estimate of drug-likeness (QED) is 0.132. The molecule has 0 amide bonds. The minimum absolute atomic E-state index is 0.898. The Morgan fingerprint density at radius 2 is 0.731 bits per heavy atom. The molecule has 0 aromatic carbocycles. The van der Waals surface area contributed by atoms with Crippen molar-refractivity contribution in [2.75, 3.05) is 0 Å². The molecular weight excluding hydrogens is 328 g/mol. The third kappa shape index (κ3) is 14.1. The molecule has 0 bridgehead atoms. The molecule has 0 aliphatic heterocycles. The van der Waals surface area contributed by atoms with Gasteiger partial charge in [-0.25, -0.2) is 0 Å². The molecule has 26 heavy (non-hydrogen) atoms. The summed E-state index contributed by atoms with van der Waals surface area (Å²) in [6.45, 7) is 2.28. The van der Waals surface area contributed by atoms with Crippen LogP contribution in [0.2, 0.25) is 6.04 Å². The molecule has 0 spiro atoms. The predicted molar refractivity (Wildman–Crippen MR) is 121 cm³/mol. The molecule has 0 saturated heterocycles. The summed E-state index contributed by atoms with van der Waals surface area (Å²) in [5.74, 6) is 0. The fraction of sp³-hybridized carbons (Fsp3) is 0.760. The Morgan fingerprint density at radius 1 is 0.462 bits per heavy atom. The zero-order chi connectivity index (χ0) is 19.3. The maximum Gasteiger partial charge on any atom is 0.289 e. The molecule has 0 fully saturated rings. The van der Waals surface area contributed by atoms with Gasteiger partial charge in [-0.05, 0) is 6.04 Å². The first-order chi connectivity index (χ1) is 12.7. The highest BCUT2D eigenvalue weighted by Crippen LogP contribution is 2.16. The lowest BCUT2D eigenvalue weighted by atomic mass is 10.0. The van der Waals surface area contributed by atoms with E-state index in [1.807, 2.05) is 0 Å². The Labute approximate surface area is 166 Å². The van der Waals surface area contributed by atoms with E-state index in [1.165, 1.54) is 103 Å². The van der Waals surface area contributed by atoms with Gasteiger partial charge in [-0.3, -0.25) is 0 Å². The predicted octanol–water partition coefficient (Wildman–Crippen LogP) is 7.60. The van der Waals surface area contributed by atoms with Gasteiger partial charge < -0.3 is 0 Å². The van der Waals surface area contributed by atoms with Crippen LogP contribution in [0.5, 0.6) is 0 Å². The molecule has 0 nitrogen and oxygen atoms in total. The zero-order valence-corrected chi connectivity index (χ0v) is 18.5. The number of unbranched alkanes of at least 4 members (excludes halogenated alkanes) is 16. The van der Waals surface area contributed by atoms with Crippen molar-refractivity contribution in [2.24, 2.45) is 0 Å². The lowest BCUT2D eigenvalue weighted by Gasteiger charge is -2.11. The van der Waals surface area contributed by atoms with Gasteiger partial charge in [0.05, 0.1) is 0 Å². The standard InChI is InChI=1S/C25H42Si/c1-5-9-10-11-12-13-14-15-16-17-18-19-20-21-22-23-24-25-26(6-2,7-3)8-4/h2-4H,5,9-25H2,1H3. The molecular formula is C25H42Si. The van der Waals surface area contributed by atoms with Gasteiger partial charge >= 0.3 is 0 Å². The lowest BCUT2D eigenvalue weighted by molar-refractivity contribution is 0.528. The average Bonchev–Trinajstić information content (AvgIpc) is 2.68. The van der Waals surface area contributed by atoms with Gasteiger partial charge in [-0.15, -0.1) is 35.9 Å². The Balaban J connectivity index is 3.25. The van der Waals surface area contributed by atoms with Crippen LogP contribution in [0.25, 0.3) is 0 Å². The third-order valence-corrected chi connectivity index (χ3v) is 7.98. The normalized spacial score (nSPS) is 10.8. The largest absolute Gasteiger partial charge is 0.289 e. The minimum Gasteiger partial charge on any atom is -0.125 e. The highest BCUT2D eigenvalue weighted by Gasteiger charge is 2.25. The Kier molecular flexibility index (Phi) is 17.9. The zero-order valence-electron chi connectivity index (χ0n) is 17.5. The van der Waals surface area contributed by atoms with Crippen molar-refractivity contribution >= 4 is 8.07 Å². The molecule has 0 aliphatic rings. The van der Waals surface area contributed by atoms with E-state index in [4.69, 9.17) is 19.3 Å². The molecule has 0 aliphatic carbocycles. The Morgan fingerprint density at radius 3 is 1.00 bits per heavy atom. The van der Waals surface area contributed by atoms with Gasteiger partial charge in [0.25, 0.3) is 8.07 Å². The second-order valence-corrected chi connectivity index (χ2v) is 10.9. The van der Waals surface area contributed by atoms with Crippen LogP contribution in [0.15, 0.2) is 0 Å². The summed E-state index contributed by atoms with van der Waals surface area (Å²) in [6.07, 6.45) is 40.0. The van der Waals surface area contributed by atoms with E-state index in [0.29, 0.717) is 0 Å². The van der Waals surface area contributed by atoms with Gasteiger partial charge in [0.15, 0.2) is 0 Å². The summed E-state index contributed by atoms with van der Waals surface area (Å²) in [5.41, 5.74) is 8.21. The summed E-state index contributed by atoms with van der Waals surface area (Å²) >= 11 is 0. The van der Waals surface area contributed by atoms with Crippen LogP contribution in [0, 0.1) is 35.9 Å². The van der Waals surface area contributed by atoms with Crippen LogP contribution in [0.3, 0.4) is 0 Å². The van der Waals surface area contributed by atoms with E-state index < -0.39 is 8.07 Å². The molecule has 146 valence electrons. The van der Waals surface area contributed by atoms with E-state index in [-0.39, 0.29) is 0 Å². The van der Waals surface area contributed by atoms with E-state index in [2.05, 4.69) is 23.6 Å². The molecule has 0 aromatic rings. The first-order valence-electron chi connectivity index (χ1n) is 11.2. The maximum absolute atomic E-state index is 5.53. The van der Waals surface area contributed by atoms with Crippen molar-refractivity contribution in [3.8, 4) is 35.9 Å². The van der Waals surface area contributed by atoms with Gasteiger partial charge in [0.2, 0.25) is 0 Å².